The topological polar surface area (TPSA) is 172 Å². The van der Waals surface area contributed by atoms with Gasteiger partial charge in [0.15, 0.2) is 17.5 Å². The molecule has 1 unspecified atom stereocenters. The number of carbonyl (C=O) groups excluding carboxylic acids is 5. The van der Waals surface area contributed by atoms with Crippen molar-refractivity contribution in [1.82, 2.24) is 0 Å². The van der Waals surface area contributed by atoms with Gasteiger partial charge < -0.3 is 33.9 Å². The minimum absolute atomic E-state index is 0.131. The lowest BCUT2D eigenvalue weighted by atomic mass is 9.44. The number of Topliss-reactive ketones (excluding diaryl/α,β-unsaturated/α-hetero) is 1. The van der Waals surface area contributed by atoms with Crippen LogP contribution in [0.3, 0.4) is 0 Å². The van der Waals surface area contributed by atoms with E-state index in [0.717, 1.165) is 13.8 Å². The van der Waals surface area contributed by atoms with Gasteiger partial charge in [-0.1, -0.05) is 32.0 Å². The molecule has 0 radical (unpaired) electrons. The highest BCUT2D eigenvalue weighted by Crippen LogP contribution is 2.65. The SMILES string of the molecule is CC(=O)O[C@@]12CO[C@@H]1C[C@H](OC(=O)C(F)(F)F)[C@@]1(C)C(=O)[C@H](OC(=O)C(F)(F)F)C3=C(C)[C@@H](O)C[C@@](O)([C@@H](OC(=O)c4ccccc4)C12)C3(C)C. The third kappa shape index (κ3) is 5.88. The van der Waals surface area contributed by atoms with Gasteiger partial charge in [-0.15, -0.1) is 0 Å². The van der Waals surface area contributed by atoms with E-state index >= 15 is 4.79 Å². The molecule has 2 saturated carbocycles. The Morgan fingerprint density at radius 3 is 2.00 bits per heavy atom. The highest BCUT2D eigenvalue weighted by molar-refractivity contribution is 5.96. The summed E-state index contributed by atoms with van der Waals surface area (Å²) in [5.74, 6) is -11.6. The van der Waals surface area contributed by atoms with E-state index in [4.69, 9.17) is 23.7 Å². The van der Waals surface area contributed by atoms with Gasteiger partial charge in [0.25, 0.3) is 0 Å². The molecule has 4 aliphatic rings. The Kier molecular flexibility index (Phi) is 9.21. The monoisotopic (exact) mass is 736 g/mol. The lowest BCUT2D eigenvalue weighted by Gasteiger charge is -2.67. The van der Waals surface area contributed by atoms with Gasteiger partial charge >= 0.3 is 36.2 Å². The van der Waals surface area contributed by atoms with Gasteiger partial charge in [-0.3, -0.25) is 9.59 Å². The summed E-state index contributed by atoms with van der Waals surface area (Å²) in [6.45, 7) is 4.75. The standard InChI is InChI=1S/C33H34F6O12/c1-14-17(41)12-31(46)24(50-25(43)16-9-7-6-8-10-16)22-29(5,23(42)21(20(14)28(31,3)4)49-27(45)33(37,38)39)18(48-26(44)32(34,35)36)11-19-30(22,13-47-19)51-15(2)40/h6-10,17-19,21-22,24,41,46H,11-13H2,1-5H3/t17-,18-,19+,21+,22?,24-,29+,30-,31+/m0/s1. The van der Waals surface area contributed by atoms with Gasteiger partial charge in [0, 0.05) is 25.2 Å². The van der Waals surface area contributed by atoms with Crippen LogP contribution >= 0.6 is 0 Å². The molecule has 0 aromatic heterocycles. The Hall–Kier alpha value is -4.03. The first-order valence-corrected chi connectivity index (χ1v) is 15.6. The number of esters is 4. The number of ether oxygens (including phenoxy) is 5. The maximum Gasteiger partial charge on any atom is 0.490 e. The third-order valence-corrected chi connectivity index (χ3v) is 10.8. The first-order chi connectivity index (χ1) is 23.3. The summed E-state index contributed by atoms with van der Waals surface area (Å²) in [4.78, 5) is 66.4. The molecule has 3 aliphatic carbocycles. The molecule has 1 aromatic rings. The van der Waals surface area contributed by atoms with Crippen LogP contribution in [0.5, 0.6) is 0 Å². The molecule has 1 aliphatic heterocycles. The molecule has 1 aromatic carbocycles. The van der Waals surface area contributed by atoms with Gasteiger partial charge in [0.05, 0.1) is 29.6 Å². The highest BCUT2D eigenvalue weighted by Gasteiger charge is 2.79. The van der Waals surface area contributed by atoms with E-state index in [9.17, 15) is 55.7 Å². The predicted octanol–water partition coefficient (Wildman–Crippen LogP) is 3.31. The molecule has 280 valence electrons. The van der Waals surface area contributed by atoms with Gasteiger partial charge in [0.2, 0.25) is 0 Å². The maximum atomic E-state index is 15.1. The molecular formula is C33H34F6O12. The summed E-state index contributed by atoms with van der Waals surface area (Å²) in [7, 11) is 0. The molecular weight excluding hydrogens is 702 g/mol. The van der Waals surface area contributed by atoms with Crippen molar-refractivity contribution in [3.05, 3.63) is 47.0 Å². The van der Waals surface area contributed by atoms with Crippen molar-refractivity contribution >= 4 is 29.7 Å². The van der Waals surface area contributed by atoms with E-state index in [-0.39, 0.29) is 11.1 Å². The van der Waals surface area contributed by atoms with Crippen LogP contribution in [0.2, 0.25) is 0 Å². The minimum atomic E-state index is -5.72. The highest BCUT2D eigenvalue weighted by atomic mass is 19.4. The summed E-state index contributed by atoms with van der Waals surface area (Å²) < 4.78 is 109. The Balaban J connectivity index is 1.88. The second kappa shape index (κ2) is 12.3. The molecule has 18 heteroatoms. The fourth-order valence-electron chi connectivity index (χ4n) is 8.26. The zero-order valence-electron chi connectivity index (χ0n) is 27.7. The Morgan fingerprint density at radius 2 is 1.49 bits per heavy atom. The molecule has 0 spiro atoms. The Labute approximate surface area is 286 Å². The van der Waals surface area contributed by atoms with Crippen LogP contribution < -0.4 is 0 Å². The number of rotatable bonds is 5. The van der Waals surface area contributed by atoms with Crippen molar-refractivity contribution in [2.45, 2.75) is 102 Å². The Bertz CT molecular complexity index is 1670. The molecule has 5 rings (SSSR count). The lowest BCUT2D eigenvalue weighted by Crippen LogP contribution is -2.82. The molecule has 1 heterocycles. The van der Waals surface area contributed by atoms with E-state index in [1.54, 1.807) is 6.07 Å². The average molecular weight is 737 g/mol. The van der Waals surface area contributed by atoms with Gasteiger partial charge in [-0.25, -0.2) is 14.4 Å². The molecule has 0 amide bonds. The number of carbonyl (C=O) groups is 5. The van der Waals surface area contributed by atoms with Crippen LogP contribution in [0.15, 0.2) is 41.5 Å². The van der Waals surface area contributed by atoms with Gasteiger partial charge in [-0.2, -0.15) is 26.3 Å². The Morgan fingerprint density at radius 1 is 0.922 bits per heavy atom. The van der Waals surface area contributed by atoms with Crippen molar-refractivity contribution in [2.75, 3.05) is 6.61 Å². The largest absolute Gasteiger partial charge is 0.490 e. The molecule has 51 heavy (non-hydrogen) atoms. The van der Waals surface area contributed by atoms with Crippen LogP contribution in [0, 0.1) is 16.7 Å². The van der Waals surface area contributed by atoms with Gasteiger partial charge in [0.1, 0.15) is 23.9 Å². The molecule has 2 N–H and O–H groups in total. The van der Waals surface area contributed by atoms with E-state index in [2.05, 4.69) is 0 Å². The zero-order chi connectivity index (χ0) is 38.3. The second-order valence-corrected chi connectivity index (χ2v) is 13.9. The first-order valence-electron chi connectivity index (χ1n) is 15.6. The second-order valence-electron chi connectivity index (χ2n) is 13.9. The summed E-state index contributed by atoms with van der Waals surface area (Å²) in [6.07, 6.45) is -23.4. The van der Waals surface area contributed by atoms with E-state index in [1.807, 2.05) is 0 Å². The normalized spacial score (nSPS) is 35.9. The van der Waals surface area contributed by atoms with Crippen LogP contribution in [0.1, 0.15) is 57.8 Å². The summed E-state index contributed by atoms with van der Waals surface area (Å²) >= 11 is 0. The number of halogens is 6. The molecule has 1 saturated heterocycles. The van der Waals surface area contributed by atoms with Crippen LogP contribution in [0.4, 0.5) is 26.3 Å². The first kappa shape index (κ1) is 38.2. The van der Waals surface area contributed by atoms with Crippen molar-refractivity contribution in [3.63, 3.8) is 0 Å². The number of benzene rings is 1. The third-order valence-electron chi connectivity index (χ3n) is 10.8. The predicted molar refractivity (Wildman–Crippen MR) is 155 cm³/mol. The average Bonchev–Trinajstić information content (AvgIpc) is 3.01. The van der Waals surface area contributed by atoms with E-state index < -0.39 is 126 Å². The van der Waals surface area contributed by atoms with Crippen molar-refractivity contribution in [2.24, 2.45) is 16.7 Å². The van der Waals surface area contributed by atoms with E-state index in [0.29, 0.717) is 0 Å². The fraction of sp³-hybridized carbons (Fsp3) is 0.606. The molecule has 9 atom stereocenters. The van der Waals surface area contributed by atoms with Crippen molar-refractivity contribution in [1.29, 1.82) is 0 Å². The smallest absolute Gasteiger partial charge is 0.455 e. The number of fused-ring (bicyclic) bond motifs is 5. The number of alkyl halides is 6. The van der Waals surface area contributed by atoms with Gasteiger partial charge in [-0.05, 0) is 37.1 Å². The van der Waals surface area contributed by atoms with E-state index in [1.165, 1.54) is 45.0 Å². The molecule has 12 nitrogen and oxygen atoms in total. The fourth-order valence-corrected chi connectivity index (χ4v) is 8.26. The van der Waals surface area contributed by atoms with Crippen LogP contribution in [-0.4, -0.2) is 101 Å². The van der Waals surface area contributed by atoms with Crippen molar-refractivity contribution in [3.8, 4) is 0 Å². The van der Waals surface area contributed by atoms with Crippen LogP contribution in [-0.2, 0) is 42.9 Å². The quantitative estimate of drug-likeness (QED) is 0.196. The number of aliphatic hydroxyl groups excluding tert-OH is 1. The maximum absolute atomic E-state index is 15.1. The number of hydrogen-bond acceptors (Lipinski definition) is 12. The van der Waals surface area contributed by atoms with Crippen molar-refractivity contribution < 1.29 is 84.2 Å². The molecule has 3 fully saturated rings. The number of hydrogen-bond donors (Lipinski definition) is 2. The number of aliphatic hydroxyl groups is 2. The van der Waals surface area contributed by atoms with Crippen LogP contribution in [0.25, 0.3) is 0 Å². The molecule has 2 bridgehead atoms. The zero-order valence-corrected chi connectivity index (χ0v) is 27.7. The minimum Gasteiger partial charge on any atom is -0.455 e. The summed E-state index contributed by atoms with van der Waals surface area (Å²) in [6, 6.07) is 7.03. The lowest BCUT2D eigenvalue weighted by molar-refractivity contribution is -0.348. The summed E-state index contributed by atoms with van der Waals surface area (Å²) in [5.41, 5.74) is -10.7. The number of ketones is 1. The summed E-state index contributed by atoms with van der Waals surface area (Å²) in [5, 5.41) is 24.2.